The molecule has 1 fully saturated rings. The smallest absolute Gasteiger partial charge is 0.416 e. The molecule has 0 spiro atoms. The zero-order chi connectivity index (χ0) is 20.8. The zero-order valence-corrected chi connectivity index (χ0v) is 16.2. The first-order valence-electron chi connectivity index (χ1n) is 9.86. The van der Waals surface area contributed by atoms with Crippen molar-refractivity contribution in [3.63, 3.8) is 0 Å². The lowest BCUT2D eigenvalue weighted by molar-refractivity contribution is -0.137. The van der Waals surface area contributed by atoms with Gasteiger partial charge in [0.2, 0.25) is 5.89 Å². The minimum Gasteiger partial charge on any atom is -0.416 e. The first-order chi connectivity index (χ1) is 13.7. The van der Waals surface area contributed by atoms with Crippen LogP contribution in [0.15, 0.2) is 10.5 Å². The van der Waals surface area contributed by atoms with Gasteiger partial charge in [-0.2, -0.15) is 13.2 Å². The highest BCUT2D eigenvalue weighted by Gasteiger charge is 2.48. The summed E-state index contributed by atoms with van der Waals surface area (Å²) < 4.78 is 46.4. The molecule has 1 saturated carbocycles. The van der Waals surface area contributed by atoms with Crippen LogP contribution in [0.2, 0.25) is 0 Å². The average molecular weight is 411 g/mol. The molecule has 4 rings (SSSR count). The zero-order valence-electron chi connectivity index (χ0n) is 16.2. The van der Waals surface area contributed by atoms with Crippen molar-refractivity contribution in [3.8, 4) is 11.6 Å². The van der Waals surface area contributed by atoms with Gasteiger partial charge in [0.05, 0.1) is 5.69 Å². The highest BCUT2D eigenvalue weighted by Crippen LogP contribution is 2.49. The molecular weight excluding hydrogens is 387 g/mol. The molecule has 0 saturated heterocycles. The van der Waals surface area contributed by atoms with Crippen LogP contribution in [0.5, 0.6) is 0 Å². The Morgan fingerprint density at radius 3 is 2.62 bits per heavy atom. The van der Waals surface area contributed by atoms with Gasteiger partial charge < -0.3 is 20.2 Å². The SMILES string of the molecule is CN1CCCCCCC(O)(C2CC2)c2nnc(o2)-c2nc1c(C(F)(F)F)cc2N. The number of nitrogens with two attached hydrogens (primary N) is 1. The van der Waals surface area contributed by atoms with Crippen LogP contribution in [0.4, 0.5) is 24.7 Å². The molecule has 3 heterocycles. The van der Waals surface area contributed by atoms with Gasteiger partial charge in [-0.3, -0.25) is 0 Å². The van der Waals surface area contributed by atoms with Crippen molar-refractivity contribution in [3.05, 3.63) is 17.5 Å². The molecule has 0 aromatic carbocycles. The Kier molecular flexibility index (Phi) is 4.92. The maximum Gasteiger partial charge on any atom is 0.420 e. The number of rotatable bonds is 1. The van der Waals surface area contributed by atoms with E-state index in [0.717, 1.165) is 44.6 Å². The lowest BCUT2D eigenvalue weighted by atomic mass is 9.90. The van der Waals surface area contributed by atoms with E-state index in [1.807, 2.05) is 0 Å². The lowest BCUT2D eigenvalue weighted by Gasteiger charge is -2.25. The third-order valence-electron chi connectivity index (χ3n) is 5.75. The summed E-state index contributed by atoms with van der Waals surface area (Å²) in [4.78, 5) is 5.65. The van der Waals surface area contributed by atoms with E-state index >= 15 is 0 Å². The lowest BCUT2D eigenvalue weighted by Crippen LogP contribution is -2.29. The van der Waals surface area contributed by atoms with Crippen molar-refractivity contribution in [1.29, 1.82) is 0 Å². The van der Waals surface area contributed by atoms with Gasteiger partial charge in [-0.25, -0.2) is 4.98 Å². The van der Waals surface area contributed by atoms with Crippen LogP contribution in [0.1, 0.15) is 56.4 Å². The van der Waals surface area contributed by atoms with Crippen molar-refractivity contribution in [2.24, 2.45) is 5.92 Å². The van der Waals surface area contributed by atoms with E-state index in [1.54, 1.807) is 7.05 Å². The van der Waals surface area contributed by atoms with Crippen molar-refractivity contribution < 1.29 is 22.7 Å². The van der Waals surface area contributed by atoms with E-state index < -0.39 is 17.3 Å². The van der Waals surface area contributed by atoms with Gasteiger partial charge in [-0.15, -0.1) is 10.2 Å². The minimum atomic E-state index is -4.60. The number of aliphatic hydroxyl groups is 1. The van der Waals surface area contributed by atoms with Gasteiger partial charge in [-0.05, 0) is 37.7 Å². The second-order valence-electron chi connectivity index (χ2n) is 7.99. The number of halogens is 3. The van der Waals surface area contributed by atoms with Gasteiger partial charge in [0.1, 0.15) is 17.0 Å². The van der Waals surface area contributed by atoms with Crippen LogP contribution < -0.4 is 10.6 Å². The molecule has 2 aromatic rings. The first kappa shape index (κ1) is 19.9. The van der Waals surface area contributed by atoms with E-state index in [2.05, 4.69) is 15.2 Å². The van der Waals surface area contributed by atoms with Crippen LogP contribution in [-0.4, -0.2) is 33.9 Å². The Hall–Kier alpha value is -2.36. The highest BCUT2D eigenvalue weighted by atomic mass is 19.4. The summed E-state index contributed by atoms with van der Waals surface area (Å²) in [6.07, 6.45) is 0.855. The number of pyridine rings is 1. The van der Waals surface area contributed by atoms with Crippen molar-refractivity contribution in [2.45, 2.75) is 56.7 Å². The maximum absolute atomic E-state index is 13.6. The number of hydrogen-bond donors (Lipinski definition) is 2. The Labute approximate surface area is 166 Å². The molecule has 0 radical (unpaired) electrons. The number of hydrogen-bond acceptors (Lipinski definition) is 7. The van der Waals surface area contributed by atoms with Crippen molar-refractivity contribution in [2.75, 3.05) is 24.2 Å². The summed E-state index contributed by atoms with van der Waals surface area (Å²) in [5.74, 6) is -0.167. The fourth-order valence-electron chi connectivity index (χ4n) is 3.93. The van der Waals surface area contributed by atoms with Gasteiger partial charge in [0, 0.05) is 13.6 Å². The van der Waals surface area contributed by atoms with Crippen LogP contribution >= 0.6 is 0 Å². The topological polar surface area (TPSA) is 101 Å². The molecule has 1 unspecified atom stereocenters. The summed E-state index contributed by atoms with van der Waals surface area (Å²) in [5.41, 5.74) is 3.56. The molecule has 10 heteroatoms. The van der Waals surface area contributed by atoms with E-state index in [-0.39, 0.29) is 34.9 Å². The standard InChI is InChI=1S/C19H24F3N5O2/c1-27-9-5-3-2-4-8-18(28,11-6-7-11)17-26-25-16(29-17)14-13(23)10-12(15(27)24-14)19(20,21)22/h10-11,28H,2-9,23H2,1H3. The molecule has 3 N–H and O–H groups in total. The van der Waals surface area contributed by atoms with Crippen LogP contribution in [-0.2, 0) is 11.8 Å². The number of nitrogen functional groups attached to an aromatic ring is 1. The van der Waals surface area contributed by atoms with E-state index in [0.29, 0.717) is 13.0 Å². The number of anilines is 2. The molecular formula is C19H24F3N5O2. The van der Waals surface area contributed by atoms with E-state index in [4.69, 9.17) is 10.2 Å². The Morgan fingerprint density at radius 1 is 1.21 bits per heavy atom. The monoisotopic (exact) mass is 411 g/mol. The van der Waals surface area contributed by atoms with E-state index in [1.165, 1.54) is 4.90 Å². The van der Waals surface area contributed by atoms with Crippen molar-refractivity contribution >= 4 is 11.5 Å². The number of fused-ring (bicyclic) bond motifs is 5. The van der Waals surface area contributed by atoms with Crippen LogP contribution in [0.3, 0.4) is 0 Å². The summed E-state index contributed by atoms with van der Waals surface area (Å²) in [6.45, 7) is 0.418. The Bertz CT molecular complexity index is 896. The third kappa shape index (κ3) is 3.77. The second kappa shape index (κ2) is 7.16. The third-order valence-corrected chi connectivity index (χ3v) is 5.75. The summed E-state index contributed by atoms with van der Waals surface area (Å²) in [7, 11) is 1.58. The van der Waals surface area contributed by atoms with Gasteiger partial charge in [0.25, 0.3) is 5.89 Å². The molecule has 2 aliphatic rings. The van der Waals surface area contributed by atoms with Gasteiger partial charge >= 0.3 is 6.18 Å². The fraction of sp³-hybridized carbons (Fsp3) is 0.632. The normalized spacial score (nSPS) is 23.7. The predicted octanol–water partition coefficient (Wildman–Crippen LogP) is 3.73. The molecule has 2 aromatic heterocycles. The highest BCUT2D eigenvalue weighted by molar-refractivity contribution is 5.71. The maximum atomic E-state index is 13.6. The molecule has 29 heavy (non-hydrogen) atoms. The summed E-state index contributed by atoms with van der Waals surface area (Å²) >= 11 is 0. The summed E-state index contributed by atoms with van der Waals surface area (Å²) in [6, 6.07) is 0.858. The van der Waals surface area contributed by atoms with Gasteiger partial charge in [0.15, 0.2) is 5.69 Å². The Balaban J connectivity index is 1.83. The molecule has 1 aliphatic heterocycles. The van der Waals surface area contributed by atoms with E-state index in [9.17, 15) is 18.3 Å². The quantitative estimate of drug-likeness (QED) is 0.737. The number of alkyl halides is 3. The first-order valence-corrected chi connectivity index (χ1v) is 9.86. The van der Waals surface area contributed by atoms with Gasteiger partial charge in [-0.1, -0.05) is 19.3 Å². The molecule has 158 valence electrons. The summed E-state index contributed by atoms with van der Waals surface area (Å²) in [5, 5.41) is 19.2. The Morgan fingerprint density at radius 2 is 1.93 bits per heavy atom. The fourth-order valence-corrected chi connectivity index (χ4v) is 3.93. The minimum absolute atomic E-state index is 0.00573. The molecule has 1 aliphatic carbocycles. The predicted molar refractivity (Wildman–Crippen MR) is 99.9 cm³/mol. The second-order valence-corrected chi connectivity index (χ2v) is 7.99. The average Bonchev–Trinajstić information content (AvgIpc) is 3.40. The molecule has 7 nitrogen and oxygen atoms in total. The number of aromatic nitrogens is 3. The molecule has 1 atom stereocenters. The largest absolute Gasteiger partial charge is 0.420 e. The van der Waals surface area contributed by atoms with Crippen molar-refractivity contribution in [1.82, 2.24) is 15.2 Å². The number of nitrogens with zero attached hydrogens (tertiary/aromatic N) is 4. The molecule has 4 bridgehead atoms. The van der Waals surface area contributed by atoms with Crippen LogP contribution in [0.25, 0.3) is 11.6 Å². The van der Waals surface area contributed by atoms with Crippen LogP contribution in [0, 0.1) is 5.92 Å². The molecule has 0 amide bonds.